The van der Waals surface area contributed by atoms with Gasteiger partial charge in [0, 0.05) is 11.0 Å². The standard InChI is InChI=1S/C25H24N4OS/c1-2-3-8-15-31-25-27-24(30)22-20-11-6-7-12-21(20)26-23(29(22)28-25)19-14-13-17-9-4-5-10-18(17)16-19/h4-7,9-14,16,23H,2-3,8,15H2,1H3,(H,27,28,30)/t23-/m1/s1. The molecule has 31 heavy (non-hydrogen) atoms. The Morgan fingerprint density at radius 2 is 1.81 bits per heavy atom. The summed E-state index contributed by atoms with van der Waals surface area (Å²) in [6.45, 7) is 2.19. The number of fused-ring (bicyclic) bond motifs is 3. The number of amides is 1. The Morgan fingerprint density at radius 3 is 2.68 bits per heavy atom. The van der Waals surface area contributed by atoms with Crippen molar-refractivity contribution in [1.29, 1.82) is 0 Å². The van der Waals surface area contributed by atoms with Crippen LogP contribution in [0.2, 0.25) is 0 Å². The highest BCUT2D eigenvalue weighted by atomic mass is 32.2. The van der Waals surface area contributed by atoms with Crippen molar-refractivity contribution in [1.82, 2.24) is 10.3 Å². The summed E-state index contributed by atoms with van der Waals surface area (Å²) < 4.78 is 0. The molecule has 0 fully saturated rings. The first-order valence-electron chi connectivity index (χ1n) is 10.7. The fourth-order valence-electron chi connectivity index (χ4n) is 4.00. The van der Waals surface area contributed by atoms with Crippen molar-refractivity contribution >= 4 is 39.3 Å². The van der Waals surface area contributed by atoms with E-state index < -0.39 is 0 Å². The molecule has 0 aliphatic carbocycles. The van der Waals surface area contributed by atoms with Gasteiger partial charge in [0.15, 0.2) is 11.3 Å². The first-order chi connectivity index (χ1) is 15.2. The molecule has 2 heterocycles. The Morgan fingerprint density at radius 1 is 1.00 bits per heavy atom. The molecule has 1 amide bonds. The molecule has 5 rings (SSSR count). The van der Waals surface area contributed by atoms with E-state index in [9.17, 15) is 4.79 Å². The van der Waals surface area contributed by atoms with Crippen LogP contribution in [0.5, 0.6) is 0 Å². The molecule has 0 aromatic heterocycles. The topological polar surface area (TPSA) is 57.1 Å². The predicted molar refractivity (Wildman–Crippen MR) is 127 cm³/mol. The molecule has 0 radical (unpaired) electrons. The number of hydrazone groups is 1. The van der Waals surface area contributed by atoms with Crippen molar-refractivity contribution in [2.45, 2.75) is 32.4 Å². The number of nitrogens with one attached hydrogen (secondary N) is 1. The third-order valence-electron chi connectivity index (χ3n) is 5.57. The van der Waals surface area contributed by atoms with Gasteiger partial charge in [0.25, 0.3) is 5.91 Å². The van der Waals surface area contributed by atoms with Gasteiger partial charge in [0.05, 0.1) is 5.36 Å². The minimum atomic E-state index is -0.383. The van der Waals surface area contributed by atoms with Crippen LogP contribution in [0.25, 0.3) is 16.5 Å². The van der Waals surface area contributed by atoms with Gasteiger partial charge in [-0.15, -0.1) is 5.10 Å². The van der Waals surface area contributed by atoms with Crippen molar-refractivity contribution in [2.75, 3.05) is 5.75 Å². The van der Waals surface area contributed by atoms with Crippen LogP contribution >= 0.6 is 11.8 Å². The minimum absolute atomic E-state index is 0.124. The number of rotatable bonds is 5. The van der Waals surface area contributed by atoms with E-state index in [2.05, 4.69) is 42.6 Å². The highest BCUT2D eigenvalue weighted by Crippen LogP contribution is 2.32. The molecular weight excluding hydrogens is 404 g/mol. The fourth-order valence-corrected chi connectivity index (χ4v) is 4.85. The van der Waals surface area contributed by atoms with Crippen LogP contribution in [0.4, 0.5) is 0 Å². The second kappa shape index (κ2) is 8.55. The average molecular weight is 429 g/mol. The number of carbonyl (C=O) groups excluding carboxylic acids is 1. The number of amidine groups is 1. The Labute approximate surface area is 185 Å². The van der Waals surface area contributed by atoms with Crippen molar-refractivity contribution < 1.29 is 4.79 Å². The summed E-state index contributed by atoms with van der Waals surface area (Å²) in [5, 5.41) is 14.2. The van der Waals surface area contributed by atoms with Crippen LogP contribution < -0.4 is 15.9 Å². The predicted octanol–water partition coefficient (Wildman–Crippen LogP) is 3.91. The molecule has 0 saturated heterocycles. The fraction of sp³-hybridized carbons (Fsp3) is 0.240. The Kier molecular flexibility index (Phi) is 5.47. The zero-order chi connectivity index (χ0) is 21.2. The number of carbonyl (C=O) groups is 1. The molecule has 5 nitrogen and oxygen atoms in total. The lowest BCUT2D eigenvalue weighted by atomic mass is 10.0. The zero-order valence-corrected chi connectivity index (χ0v) is 18.2. The van der Waals surface area contributed by atoms with Crippen molar-refractivity contribution in [3.05, 3.63) is 82.9 Å². The molecule has 156 valence electrons. The molecule has 2 aliphatic heterocycles. The van der Waals surface area contributed by atoms with Gasteiger partial charge in [0.1, 0.15) is 5.70 Å². The van der Waals surface area contributed by atoms with Crippen LogP contribution in [0.1, 0.15) is 37.9 Å². The van der Waals surface area contributed by atoms with E-state index >= 15 is 0 Å². The third kappa shape index (κ3) is 3.83. The van der Waals surface area contributed by atoms with Gasteiger partial charge in [-0.1, -0.05) is 86.1 Å². The second-order valence-electron chi connectivity index (χ2n) is 7.73. The van der Waals surface area contributed by atoms with E-state index in [1.807, 2.05) is 36.4 Å². The number of thioether (sulfide) groups is 1. The molecule has 0 spiro atoms. The zero-order valence-electron chi connectivity index (χ0n) is 17.4. The average Bonchev–Trinajstić information content (AvgIpc) is 2.81. The molecule has 1 atom stereocenters. The third-order valence-corrected chi connectivity index (χ3v) is 6.52. The summed E-state index contributed by atoms with van der Waals surface area (Å²) in [4.78, 5) is 18.1. The molecule has 6 heteroatoms. The maximum absolute atomic E-state index is 13.2. The van der Waals surface area contributed by atoms with Gasteiger partial charge < -0.3 is 0 Å². The summed E-state index contributed by atoms with van der Waals surface area (Å²) in [7, 11) is 0. The smallest absolute Gasteiger partial charge is 0.276 e. The van der Waals surface area contributed by atoms with Gasteiger partial charge in [-0.25, -0.2) is 5.01 Å². The van der Waals surface area contributed by atoms with Crippen LogP contribution in [-0.2, 0) is 4.79 Å². The highest BCUT2D eigenvalue weighted by Gasteiger charge is 2.34. The van der Waals surface area contributed by atoms with Crippen LogP contribution in [0.3, 0.4) is 0 Å². The number of para-hydroxylation sites is 1. The van der Waals surface area contributed by atoms with E-state index in [1.54, 1.807) is 16.8 Å². The number of hydrogen-bond donors (Lipinski definition) is 1. The van der Waals surface area contributed by atoms with E-state index in [4.69, 9.17) is 10.1 Å². The summed E-state index contributed by atoms with van der Waals surface area (Å²) in [5.41, 5.74) is 1.57. The maximum Gasteiger partial charge on any atom is 0.276 e. The summed E-state index contributed by atoms with van der Waals surface area (Å²) >= 11 is 1.60. The van der Waals surface area contributed by atoms with Crippen molar-refractivity contribution in [3.63, 3.8) is 0 Å². The Bertz CT molecular complexity index is 1300. The Balaban J connectivity index is 1.60. The number of unbranched alkanes of at least 4 members (excludes halogenated alkanes) is 2. The molecule has 3 aromatic carbocycles. The van der Waals surface area contributed by atoms with Gasteiger partial charge in [0.2, 0.25) is 0 Å². The lowest BCUT2D eigenvalue weighted by Gasteiger charge is -2.34. The summed E-state index contributed by atoms with van der Waals surface area (Å²) in [6.07, 6.45) is 3.07. The van der Waals surface area contributed by atoms with E-state index in [1.165, 1.54) is 18.2 Å². The first-order valence-corrected chi connectivity index (χ1v) is 11.7. The van der Waals surface area contributed by atoms with Crippen LogP contribution in [0, 0.1) is 0 Å². The highest BCUT2D eigenvalue weighted by molar-refractivity contribution is 8.13. The number of benzene rings is 3. The SMILES string of the molecule is CCCCCSC1=NN2C(=c3ccccc3=N[C@H]2c2ccc3ccccc3c2)C(=O)N1. The monoisotopic (exact) mass is 428 g/mol. The quantitative estimate of drug-likeness (QED) is 0.627. The van der Waals surface area contributed by atoms with Crippen molar-refractivity contribution in [3.8, 4) is 0 Å². The lowest BCUT2D eigenvalue weighted by Crippen LogP contribution is -2.50. The molecular formula is C25H24N4OS. The van der Waals surface area contributed by atoms with E-state index in [0.29, 0.717) is 10.9 Å². The van der Waals surface area contributed by atoms with Gasteiger partial charge in [-0.2, -0.15) is 0 Å². The minimum Gasteiger partial charge on any atom is -0.298 e. The molecule has 0 unspecified atom stereocenters. The van der Waals surface area contributed by atoms with E-state index in [-0.39, 0.29) is 12.1 Å². The molecule has 2 aliphatic rings. The largest absolute Gasteiger partial charge is 0.298 e. The van der Waals surface area contributed by atoms with Crippen LogP contribution in [0.15, 0.2) is 76.8 Å². The number of nitrogens with zero attached hydrogens (tertiary/aromatic N) is 3. The summed E-state index contributed by atoms with van der Waals surface area (Å²) in [6, 6.07) is 22.4. The number of hydrogen-bond acceptors (Lipinski definition) is 5. The van der Waals surface area contributed by atoms with Gasteiger partial charge >= 0.3 is 0 Å². The Hall–Kier alpha value is -3.12. The first kappa shape index (κ1) is 19.8. The maximum atomic E-state index is 13.2. The molecule has 1 N–H and O–H groups in total. The van der Waals surface area contributed by atoms with Gasteiger partial charge in [-0.05, 0) is 34.9 Å². The molecule has 0 saturated carbocycles. The van der Waals surface area contributed by atoms with Gasteiger partial charge in [-0.3, -0.25) is 15.1 Å². The molecule has 0 bridgehead atoms. The summed E-state index contributed by atoms with van der Waals surface area (Å²) in [5.74, 6) is 0.811. The lowest BCUT2D eigenvalue weighted by molar-refractivity contribution is -0.116. The molecule has 3 aromatic rings. The van der Waals surface area contributed by atoms with Crippen molar-refractivity contribution in [2.24, 2.45) is 10.1 Å². The second-order valence-corrected chi connectivity index (χ2v) is 8.82. The van der Waals surface area contributed by atoms with Crippen LogP contribution in [-0.4, -0.2) is 21.8 Å². The normalized spacial score (nSPS) is 17.5. The van der Waals surface area contributed by atoms with E-state index in [0.717, 1.165) is 33.7 Å².